The van der Waals surface area contributed by atoms with Crippen molar-refractivity contribution in [3.8, 4) is 55.9 Å². The molecule has 19 rings (SSSR count). The maximum Gasteiger partial charge on any atom is 0.252 e. The van der Waals surface area contributed by atoms with Crippen molar-refractivity contribution in [2.24, 2.45) is 23.2 Å². The molecule has 502 valence electrons. The summed E-state index contributed by atoms with van der Waals surface area (Å²) < 4.78 is 223. The third kappa shape index (κ3) is 10.6. The Morgan fingerprint density at radius 2 is 0.971 bits per heavy atom. The molecule has 0 fully saturated rings. The molecule has 14 aromatic rings. The lowest BCUT2D eigenvalue weighted by Crippen LogP contribution is -2.64. The van der Waals surface area contributed by atoms with E-state index in [4.69, 9.17) is 5.48 Å². The van der Waals surface area contributed by atoms with Gasteiger partial charge in [-0.25, -0.2) is 0 Å². The van der Waals surface area contributed by atoms with Gasteiger partial charge in [0.25, 0.3) is 6.71 Å². The predicted octanol–water partition coefficient (Wildman–Crippen LogP) is 24.4. The average molecular weight is 1350 g/mol. The molecular weight excluding hydrogens is 1240 g/mol. The van der Waals surface area contributed by atoms with Crippen molar-refractivity contribution >= 4 is 95.1 Å². The Labute approximate surface area is 638 Å². The van der Waals surface area contributed by atoms with Gasteiger partial charge in [-0.1, -0.05) is 259 Å². The summed E-state index contributed by atoms with van der Waals surface area (Å²) in [5, 5.41) is -1.28. The minimum Gasteiger partial charge on any atom is -0.334 e. The van der Waals surface area contributed by atoms with Crippen LogP contribution in [0.4, 0.5) is 28.4 Å². The summed E-state index contributed by atoms with van der Waals surface area (Å²) in [5.41, 5.74) is 7.26. The fourth-order valence-electron chi connectivity index (χ4n) is 17.3. The molecule has 0 spiro atoms. The number of nitrogens with zero attached hydrogens (tertiary/aromatic N) is 4. The predicted molar refractivity (Wildman–Crippen MR) is 439 cm³/mol. The van der Waals surface area contributed by atoms with Crippen LogP contribution in [0, 0.1) is 23.2 Å². The molecule has 4 atom stereocenters. The number of para-hydroxylation sites is 4. The van der Waals surface area contributed by atoms with Gasteiger partial charge in [-0.3, -0.25) is 0 Å². The zero-order valence-electron chi connectivity index (χ0n) is 80.4. The minimum absolute atomic E-state index is 0.00637. The van der Waals surface area contributed by atoms with E-state index in [1.807, 2.05) is 120 Å². The first kappa shape index (κ1) is 43.8. The molecule has 0 saturated carbocycles. The standard InChI is InChI=1S/C98H87BN4/c1-97(2,3)72-58-80(66-34-15-9-16-35-66)95(81(59-72)67-36-17-10-18-37-67)102-90-50-29-51-91-94(90)99(84-54-52-74(62-92(84)102)100-86-46-23-19-42-76(86)77-43-20-24-47-87(77)100)85-55-53-75(101-88-48-25-21-44-78(88)79-45-22-26-49-89(79)101)63-93(85)103(91)96-82(70-40-27-38-68(56-70)64-30-11-7-12-31-64)60-73(98(4,5)6)61-83(96)71-41-28-39-69(57-71)65-32-13-8-14-33-65/h7-9,11-15,19-33,36,38-58,60-63,66,72,81,95H,10,16-18,34-35,37,59H2,1-6H3/i19D,20D,21D,22D,23D,24D,25D,26D,42D,43D,44D,45D,46D,47D,48D,49D,52D,53D,54D,55D,62D,63D. The van der Waals surface area contributed by atoms with Crippen LogP contribution in [-0.2, 0) is 5.41 Å². The van der Waals surface area contributed by atoms with Gasteiger partial charge in [-0.2, -0.15) is 0 Å². The van der Waals surface area contributed by atoms with Gasteiger partial charge in [0.15, 0.2) is 0 Å². The smallest absolute Gasteiger partial charge is 0.252 e. The molecule has 0 radical (unpaired) electrons. The molecule has 3 aliphatic carbocycles. The highest BCUT2D eigenvalue weighted by atomic mass is 15.2. The van der Waals surface area contributed by atoms with Crippen LogP contribution in [0.5, 0.6) is 0 Å². The number of rotatable bonds is 10. The molecule has 103 heavy (non-hydrogen) atoms. The van der Waals surface area contributed by atoms with Crippen LogP contribution in [0.25, 0.3) is 99.5 Å². The van der Waals surface area contributed by atoms with E-state index in [0.717, 1.165) is 81.0 Å². The first-order chi connectivity index (χ1) is 59.6. The first-order valence-electron chi connectivity index (χ1n) is 47.1. The Morgan fingerprint density at radius 3 is 1.49 bits per heavy atom. The quantitative estimate of drug-likeness (QED) is 0.100. The second-order valence-electron chi connectivity index (χ2n) is 30.4. The lowest BCUT2D eigenvalue weighted by molar-refractivity contribution is 0.220. The Morgan fingerprint density at radius 1 is 0.466 bits per heavy atom. The van der Waals surface area contributed by atoms with Crippen LogP contribution in [-0.4, -0.2) is 21.9 Å². The van der Waals surface area contributed by atoms with E-state index in [1.54, 1.807) is 0 Å². The molecule has 2 aromatic heterocycles. The van der Waals surface area contributed by atoms with Crippen LogP contribution < -0.4 is 26.2 Å². The topological polar surface area (TPSA) is 16.3 Å². The lowest BCUT2D eigenvalue weighted by atomic mass is 9.33. The van der Waals surface area contributed by atoms with E-state index in [2.05, 4.69) is 95.0 Å². The largest absolute Gasteiger partial charge is 0.334 e. The highest BCUT2D eigenvalue weighted by Crippen LogP contribution is 2.56. The highest BCUT2D eigenvalue weighted by molar-refractivity contribution is 7.00. The zero-order valence-corrected chi connectivity index (χ0v) is 58.4. The fraction of sp³-hybridized carbons (Fsp3) is 0.204. The molecule has 0 N–H and O–H groups in total. The second kappa shape index (κ2) is 25.0. The second-order valence-corrected chi connectivity index (χ2v) is 30.4. The average Bonchev–Trinajstić information content (AvgIpc) is 1.59. The summed E-state index contributed by atoms with van der Waals surface area (Å²) in [6.45, 7) is 11.6. The normalized spacial score (nSPS) is 21.1. The Balaban J connectivity index is 1.05. The third-order valence-corrected chi connectivity index (χ3v) is 22.3. The van der Waals surface area contributed by atoms with Crippen LogP contribution >= 0.6 is 0 Å². The Bertz CT molecular complexity index is 6900. The molecule has 2 aliphatic heterocycles. The molecule has 4 unspecified atom stereocenters. The van der Waals surface area contributed by atoms with E-state index in [0.29, 0.717) is 57.6 Å². The van der Waals surface area contributed by atoms with Crippen molar-refractivity contribution in [3.63, 3.8) is 0 Å². The highest BCUT2D eigenvalue weighted by Gasteiger charge is 2.50. The molecule has 0 saturated heterocycles. The summed E-state index contributed by atoms with van der Waals surface area (Å²) in [7, 11) is 0. The third-order valence-electron chi connectivity index (χ3n) is 22.3. The number of fused-ring (bicyclic) bond motifs is 10. The molecule has 0 bridgehead atoms. The maximum absolute atomic E-state index is 11.8. The maximum atomic E-state index is 11.8. The minimum atomic E-state index is -1.56. The number of allylic oxidation sites excluding steroid dienone is 4. The van der Waals surface area contributed by atoms with Crippen LogP contribution in [0.3, 0.4) is 0 Å². The van der Waals surface area contributed by atoms with Gasteiger partial charge >= 0.3 is 0 Å². The van der Waals surface area contributed by atoms with Crippen molar-refractivity contribution < 1.29 is 30.2 Å². The van der Waals surface area contributed by atoms with E-state index in [-0.39, 0.29) is 78.0 Å². The number of hydrogen-bond donors (Lipinski definition) is 0. The van der Waals surface area contributed by atoms with E-state index in [1.165, 1.54) is 5.57 Å². The van der Waals surface area contributed by atoms with Gasteiger partial charge in [0, 0.05) is 72.7 Å². The van der Waals surface area contributed by atoms with Crippen molar-refractivity contribution in [1.29, 1.82) is 0 Å². The molecular formula is C98H87BN4. The van der Waals surface area contributed by atoms with Crippen molar-refractivity contribution in [3.05, 3.63) is 313 Å². The van der Waals surface area contributed by atoms with Crippen molar-refractivity contribution in [2.45, 2.75) is 104 Å². The summed E-state index contributed by atoms with van der Waals surface area (Å²) in [6, 6.07) is 30.5. The number of anilines is 5. The van der Waals surface area contributed by atoms with Crippen LogP contribution in [0.15, 0.2) is 308 Å². The van der Waals surface area contributed by atoms with Crippen LogP contribution in [0.2, 0.25) is 0 Å². The molecule has 5 aliphatic rings. The van der Waals surface area contributed by atoms with Crippen molar-refractivity contribution in [1.82, 2.24) is 9.13 Å². The van der Waals surface area contributed by atoms with Gasteiger partial charge in [0.2, 0.25) is 0 Å². The van der Waals surface area contributed by atoms with Gasteiger partial charge < -0.3 is 18.9 Å². The monoisotopic (exact) mass is 1350 g/mol. The molecule has 12 aromatic carbocycles. The van der Waals surface area contributed by atoms with Gasteiger partial charge in [0.1, 0.15) is 0 Å². The summed E-state index contributed by atoms with van der Waals surface area (Å²) in [6.07, 6.45) is 15.3. The van der Waals surface area contributed by atoms with E-state index >= 15 is 0 Å². The summed E-state index contributed by atoms with van der Waals surface area (Å²) in [4.78, 5) is 4.09. The Hall–Kier alpha value is -10.9. The van der Waals surface area contributed by atoms with Gasteiger partial charge in [0.05, 0.1) is 64.0 Å². The van der Waals surface area contributed by atoms with Crippen LogP contribution in [0.1, 0.15) is 129 Å². The summed E-state index contributed by atoms with van der Waals surface area (Å²) >= 11 is 0. The zero-order chi connectivity index (χ0) is 88.4. The molecule has 4 heterocycles. The molecule has 4 nitrogen and oxygen atoms in total. The van der Waals surface area contributed by atoms with Gasteiger partial charge in [-0.05, 0) is 220 Å². The Kier molecular flexibility index (Phi) is 10.6. The van der Waals surface area contributed by atoms with Crippen molar-refractivity contribution in [2.75, 3.05) is 9.80 Å². The lowest BCUT2D eigenvalue weighted by Gasteiger charge is -2.53. The van der Waals surface area contributed by atoms with E-state index in [9.17, 15) is 24.7 Å². The molecule has 0 amide bonds. The summed E-state index contributed by atoms with van der Waals surface area (Å²) in [5.74, 6) is -0.491. The number of aromatic nitrogens is 2. The number of benzene rings is 12. The SMILES string of the molecule is [2H]c1c([2H])c(-n2c3c([2H])c([2H])c([2H])c([2H])c3c3c([2H])c([2H])c([2H])c([2H])c32)c([2H])c2c1B1c3c(cccc3N(C3C(C4CC=CCC4)=CC(C(C)(C)C)CC3C3=CCCCC3)c3c([2H])c(-n4c5c([2H])c([2H])c([2H])c([2H])c5c5c([2H])c([2H])c([2H])c([2H])c54)c([2H])c([2H])c31)N2c1c(-c2cccc(-c3ccccc3)c2)cc(C(C)(C)C)cc1-c1cccc(-c2ccccc2)c1. The number of hydrogen-bond acceptors (Lipinski definition) is 2. The van der Waals surface area contributed by atoms with Gasteiger partial charge in [-0.15, -0.1) is 0 Å². The van der Waals surface area contributed by atoms with E-state index < -0.39 is 174 Å². The fourth-order valence-corrected chi connectivity index (χ4v) is 17.3. The molecule has 5 heteroatoms. The first-order valence-corrected chi connectivity index (χ1v) is 36.1.